The number of aromatic nitrogens is 1. The van der Waals surface area contributed by atoms with Crippen molar-refractivity contribution < 1.29 is 14.6 Å². The summed E-state index contributed by atoms with van der Waals surface area (Å²) >= 11 is 3.17. The van der Waals surface area contributed by atoms with Crippen molar-refractivity contribution in [2.24, 2.45) is 5.73 Å². The van der Waals surface area contributed by atoms with Gasteiger partial charge in [-0.05, 0) is 42.8 Å². The van der Waals surface area contributed by atoms with Crippen molar-refractivity contribution in [2.75, 3.05) is 0 Å². The summed E-state index contributed by atoms with van der Waals surface area (Å²) in [5.74, 6) is -0.418. The van der Waals surface area contributed by atoms with Crippen LogP contribution in [0, 0.1) is 0 Å². The Balaban J connectivity index is 2.66. The van der Waals surface area contributed by atoms with Crippen molar-refractivity contribution >= 4 is 21.9 Å². The van der Waals surface area contributed by atoms with Gasteiger partial charge in [0.2, 0.25) is 0 Å². The van der Waals surface area contributed by atoms with Crippen LogP contribution in [0.5, 0.6) is 5.75 Å². The number of ether oxygens (including phenoxy) is 1. The molecule has 0 radical (unpaired) electrons. The minimum absolute atomic E-state index is 0.0459. The SMILES string of the molecule is CC(C)(C)OC(=O)C(N)Cc1cc(Br)c(O)cn1. The van der Waals surface area contributed by atoms with Crippen molar-refractivity contribution in [2.45, 2.75) is 38.8 Å². The normalized spacial score (nSPS) is 13.2. The molecule has 6 heteroatoms. The average Bonchev–Trinajstić information content (AvgIpc) is 2.21. The first-order valence-corrected chi connectivity index (χ1v) is 6.30. The number of carbonyl (C=O) groups is 1. The lowest BCUT2D eigenvalue weighted by Crippen LogP contribution is -2.39. The van der Waals surface area contributed by atoms with Crippen LogP contribution >= 0.6 is 15.9 Å². The predicted molar refractivity (Wildman–Crippen MR) is 71.1 cm³/mol. The van der Waals surface area contributed by atoms with Gasteiger partial charge in [0.15, 0.2) is 0 Å². The minimum Gasteiger partial charge on any atom is -0.505 e. The van der Waals surface area contributed by atoms with Crippen molar-refractivity contribution in [3.05, 3.63) is 22.4 Å². The van der Waals surface area contributed by atoms with E-state index in [-0.39, 0.29) is 12.2 Å². The molecule has 0 saturated carbocycles. The first-order chi connectivity index (χ1) is 8.19. The Hall–Kier alpha value is -1.14. The minimum atomic E-state index is -0.770. The summed E-state index contributed by atoms with van der Waals surface area (Å²) in [5, 5.41) is 9.31. The van der Waals surface area contributed by atoms with Gasteiger partial charge < -0.3 is 15.6 Å². The lowest BCUT2D eigenvalue weighted by molar-refractivity contribution is -0.156. The van der Waals surface area contributed by atoms with Crippen molar-refractivity contribution in [3.63, 3.8) is 0 Å². The van der Waals surface area contributed by atoms with Gasteiger partial charge in [-0.15, -0.1) is 0 Å². The van der Waals surface area contributed by atoms with Crippen LogP contribution in [0.15, 0.2) is 16.7 Å². The second-order valence-electron chi connectivity index (χ2n) is 4.97. The molecular formula is C12H17BrN2O3. The summed E-state index contributed by atoms with van der Waals surface area (Å²) in [4.78, 5) is 15.7. The van der Waals surface area contributed by atoms with E-state index in [9.17, 15) is 9.90 Å². The van der Waals surface area contributed by atoms with Crippen LogP contribution in [0.1, 0.15) is 26.5 Å². The molecule has 0 spiro atoms. The third kappa shape index (κ3) is 4.62. The molecule has 0 aliphatic heterocycles. The molecule has 18 heavy (non-hydrogen) atoms. The second kappa shape index (κ2) is 5.67. The first-order valence-electron chi connectivity index (χ1n) is 5.51. The highest BCUT2D eigenvalue weighted by atomic mass is 79.9. The van der Waals surface area contributed by atoms with E-state index in [1.54, 1.807) is 26.8 Å². The smallest absolute Gasteiger partial charge is 0.323 e. The number of hydrogen-bond acceptors (Lipinski definition) is 5. The molecule has 0 aliphatic rings. The molecule has 0 aromatic carbocycles. The number of carbonyl (C=O) groups excluding carboxylic acids is 1. The van der Waals surface area contributed by atoms with Crippen LogP contribution < -0.4 is 5.73 Å². The molecule has 0 bridgehead atoms. The van der Waals surface area contributed by atoms with E-state index in [1.807, 2.05) is 0 Å². The van der Waals surface area contributed by atoms with E-state index >= 15 is 0 Å². The molecule has 3 N–H and O–H groups in total. The van der Waals surface area contributed by atoms with Gasteiger partial charge in [0.05, 0.1) is 10.7 Å². The summed E-state index contributed by atoms with van der Waals surface area (Å²) in [5.41, 5.74) is 5.80. The molecule has 5 nitrogen and oxygen atoms in total. The van der Waals surface area contributed by atoms with Crippen molar-refractivity contribution in [1.29, 1.82) is 0 Å². The van der Waals surface area contributed by atoms with Gasteiger partial charge in [-0.25, -0.2) is 0 Å². The Morgan fingerprint density at radius 1 is 1.61 bits per heavy atom. The van der Waals surface area contributed by atoms with E-state index in [1.165, 1.54) is 6.20 Å². The second-order valence-corrected chi connectivity index (χ2v) is 5.83. The quantitative estimate of drug-likeness (QED) is 0.830. The summed E-state index contributed by atoms with van der Waals surface area (Å²) in [7, 11) is 0. The summed E-state index contributed by atoms with van der Waals surface area (Å²) in [6.07, 6.45) is 1.56. The molecule has 0 fully saturated rings. The van der Waals surface area contributed by atoms with Crippen molar-refractivity contribution in [3.8, 4) is 5.75 Å². The third-order valence-corrected chi connectivity index (χ3v) is 2.66. The maximum atomic E-state index is 11.7. The highest BCUT2D eigenvalue weighted by Gasteiger charge is 2.22. The fourth-order valence-electron chi connectivity index (χ4n) is 1.26. The van der Waals surface area contributed by atoms with Crippen LogP contribution in [0.25, 0.3) is 0 Å². The van der Waals surface area contributed by atoms with E-state index in [2.05, 4.69) is 20.9 Å². The Kier molecular flexibility index (Phi) is 4.70. The van der Waals surface area contributed by atoms with Crippen LogP contribution in [0.2, 0.25) is 0 Å². The van der Waals surface area contributed by atoms with Crippen molar-refractivity contribution in [1.82, 2.24) is 4.98 Å². The topological polar surface area (TPSA) is 85.4 Å². The molecule has 1 aromatic rings. The van der Waals surface area contributed by atoms with Crippen LogP contribution in [-0.4, -0.2) is 27.7 Å². The predicted octanol–water partition coefficient (Wildman–Crippen LogP) is 1.76. The number of aromatic hydroxyl groups is 1. The van der Waals surface area contributed by atoms with Gasteiger partial charge in [-0.2, -0.15) is 0 Å². The van der Waals surface area contributed by atoms with Gasteiger partial charge in [-0.1, -0.05) is 0 Å². The molecule has 1 rings (SSSR count). The summed E-state index contributed by atoms with van der Waals surface area (Å²) < 4.78 is 5.69. The molecule has 0 aliphatic carbocycles. The maximum Gasteiger partial charge on any atom is 0.323 e. The van der Waals surface area contributed by atoms with E-state index < -0.39 is 17.6 Å². The summed E-state index contributed by atoms with van der Waals surface area (Å²) in [6, 6.07) is 0.854. The number of halogens is 1. The maximum absolute atomic E-state index is 11.7. The lowest BCUT2D eigenvalue weighted by Gasteiger charge is -2.22. The van der Waals surface area contributed by atoms with Gasteiger partial charge in [0.1, 0.15) is 17.4 Å². The Morgan fingerprint density at radius 2 is 2.22 bits per heavy atom. The fourth-order valence-corrected chi connectivity index (χ4v) is 1.63. The number of rotatable bonds is 3. The highest BCUT2D eigenvalue weighted by molar-refractivity contribution is 9.10. The average molecular weight is 317 g/mol. The number of nitrogens with two attached hydrogens (primary N) is 1. The first kappa shape index (κ1) is 14.9. The van der Waals surface area contributed by atoms with E-state index in [0.717, 1.165) is 0 Å². The van der Waals surface area contributed by atoms with Crippen LogP contribution in [-0.2, 0) is 16.0 Å². The molecule has 1 heterocycles. The molecule has 1 aromatic heterocycles. The number of nitrogens with zero attached hydrogens (tertiary/aromatic N) is 1. The zero-order valence-corrected chi connectivity index (χ0v) is 12.2. The lowest BCUT2D eigenvalue weighted by atomic mass is 10.1. The Labute approximate surface area is 114 Å². The largest absolute Gasteiger partial charge is 0.505 e. The molecule has 0 saturated heterocycles. The van der Waals surface area contributed by atoms with Gasteiger partial charge >= 0.3 is 5.97 Å². The number of esters is 1. The van der Waals surface area contributed by atoms with Gasteiger partial charge in [-0.3, -0.25) is 9.78 Å². The third-order valence-electron chi connectivity index (χ3n) is 2.03. The number of pyridine rings is 1. The summed E-state index contributed by atoms with van der Waals surface area (Å²) in [6.45, 7) is 5.35. The van der Waals surface area contributed by atoms with Crippen LogP contribution in [0.3, 0.4) is 0 Å². The molecule has 0 amide bonds. The molecule has 1 atom stereocenters. The van der Waals surface area contributed by atoms with E-state index in [0.29, 0.717) is 10.2 Å². The standard InChI is InChI=1S/C12H17BrN2O3/c1-12(2,3)18-11(17)9(14)5-7-4-8(13)10(16)6-15-7/h4,6,9,16H,5,14H2,1-3H3. The molecule has 1 unspecified atom stereocenters. The van der Waals surface area contributed by atoms with Gasteiger partial charge in [0.25, 0.3) is 0 Å². The molecule has 100 valence electrons. The van der Waals surface area contributed by atoms with Gasteiger partial charge in [0, 0.05) is 12.1 Å². The zero-order valence-electron chi connectivity index (χ0n) is 10.6. The highest BCUT2D eigenvalue weighted by Crippen LogP contribution is 2.23. The fraction of sp³-hybridized carbons (Fsp3) is 0.500. The Morgan fingerprint density at radius 3 is 2.72 bits per heavy atom. The van der Waals surface area contributed by atoms with Crippen LogP contribution in [0.4, 0.5) is 0 Å². The monoisotopic (exact) mass is 316 g/mol. The Bertz CT molecular complexity index is 443. The number of hydrogen-bond donors (Lipinski definition) is 2. The zero-order chi connectivity index (χ0) is 13.9. The van der Waals surface area contributed by atoms with E-state index in [4.69, 9.17) is 10.5 Å². The molecular weight excluding hydrogens is 300 g/mol.